The second-order valence-corrected chi connectivity index (χ2v) is 5.87. The van der Waals surface area contributed by atoms with Gasteiger partial charge in [0.05, 0.1) is 12.5 Å². The molecule has 0 radical (unpaired) electrons. The van der Waals surface area contributed by atoms with Crippen molar-refractivity contribution < 1.29 is 18.3 Å². The highest BCUT2D eigenvalue weighted by Crippen LogP contribution is 2.13. The molecular formula is C9H16N2O4S. The number of hydrogen-bond donors (Lipinski definition) is 1. The number of carbonyl (C=O) groups is 1. The number of carboxylic acids is 1. The van der Waals surface area contributed by atoms with Gasteiger partial charge in [-0.1, -0.05) is 0 Å². The van der Waals surface area contributed by atoms with Crippen molar-refractivity contribution >= 4 is 16.0 Å². The van der Waals surface area contributed by atoms with Crippen molar-refractivity contribution in [2.24, 2.45) is 0 Å². The zero-order valence-corrected chi connectivity index (χ0v) is 10.4. The Kier molecular flexibility index (Phi) is 5.41. The third-order valence-corrected chi connectivity index (χ3v) is 4.33. The largest absolute Gasteiger partial charge is 0.481 e. The van der Waals surface area contributed by atoms with Gasteiger partial charge < -0.3 is 5.11 Å². The Morgan fingerprint density at radius 2 is 1.94 bits per heavy atom. The van der Waals surface area contributed by atoms with Gasteiger partial charge in [-0.2, -0.15) is 9.57 Å². The Labute approximate surface area is 95.5 Å². The van der Waals surface area contributed by atoms with E-state index in [4.69, 9.17) is 10.4 Å². The Morgan fingerprint density at radius 3 is 2.25 bits per heavy atom. The highest BCUT2D eigenvalue weighted by atomic mass is 32.2. The standard InChI is InChI=1S/C9H16N2O4S/c1-7(2)11(5-4-9(12)13)16(14,15)8(3)6-10/h7-8H,4-5H2,1-3H3,(H,12,13). The monoisotopic (exact) mass is 248 g/mol. The van der Waals surface area contributed by atoms with Crippen molar-refractivity contribution in [1.29, 1.82) is 5.26 Å². The van der Waals surface area contributed by atoms with Crippen molar-refractivity contribution in [2.75, 3.05) is 6.54 Å². The minimum Gasteiger partial charge on any atom is -0.481 e. The number of aliphatic carboxylic acids is 1. The molecule has 1 N–H and O–H groups in total. The summed E-state index contributed by atoms with van der Waals surface area (Å²) in [6.07, 6.45) is -0.268. The fourth-order valence-electron chi connectivity index (χ4n) is 1.15. The lowest BCUT2D eigenvalue weighted by molar-refractivity contribution is -0.137. The lowest BCUT2D eigenvalue weighted by Gasteiger charge is -2.26. The summed E-state index contributed by atoms with van der Waals surface area (Å²) >= 11 is 0. The summed E-state index contributed by atoms with van der Waals surface area (Å²) in [5.41, 5.74) is 0. The van der Waals surface area contributed by atoms with Crippen molar-refractivity contribution in [3.63, 3.8) is 0 Å². The lowest BCUT2D eigenvalue weighted by Crippen LogP contribution is -2.42. The predicted octanol–water partition coefficient (Wildman–Crippen LogP) is 0.413. The van der Waals surface area contributed by atoms with Crippen LogP contribution in [0.3, 0.4) is 0 Å². The van der Waals surface area contributed by atoms with E-state index >= 15 is 0 Å². The van der Waals surface area contributed by atoms with Crippen molar-refractivity contribution in [2.45, 2.75) is 38.5 Å². The van der Waals surface area contributed by atoms with Crippen LogP contribution >= 0.6 is 0 Å². The molecule has 0 rings (SSSR count). The molecule has 1 unspecified atom stereocenters. The Hall–Kier alpha value is -1.13. The van der Waals surface area contributed by atoms with E-state index in [-0.39, 0.29) is 19.0 Å². The van der Waals surface area contributed by atoms with Crippen LogP contribution in [-0.4, -0.2) is 41.6 Å². The number of nitrogens with zero attached hydrogens (tertiary/aromatic N) is 2. The first-order valence-corrected chi connectivity index (χ1v) is 6.35. The van der Waals surface area contributed by atoms with Crippen LogP contribution in [0, 0.1) is 11.3 Å². The number of nitriles is 1. The van der Waals surface area contributed by atoms with Gasteiger partial charge in [-0.15, -0.1) is 0 Å². The molecule has 0 aliphatic heterocycles. The van der Waals surface area contributed by atoms with Gasteiger partial charge in [0.2, 0.25) is 10.0 Å². The number of carboxylic acid groups (broad SMARTS) is 1. The second kappa shape index (κ2) is 5.82. The number of hydrogen-bond acceptors (Lipinski definition) is 4. The summed E-state index contributed by atoms with van der Waals surface area (Å²) in [4.78, 5) is 10.4. The van der Waals surface area contributed by atoms with Gasteiger partial charge in [0.15, 0.2) is 5.25 Å². The fourth-order valence-corrected chi connectivity index (χ4v) is 2.63. The van der Waals surface area contributed by atoms with Crippen LogP contribution in [0.15, 0.2) is 0 Å². The Morgan fingerprint density at radius 1 is 1.44 bits per heavy atom. The zero-order valence-electron chi connectivity index (χ0n) is 9.54. The zero-order chi connectivity index (χ0) is 12.9. The first kappa shape index (κ1) is 14.9. The van der Waals surface area contributed by atoms with Crippen molar-refractivity contribution in [3.8, 4) is 6.07 Å². The topological polar surface area (TPSA) is 98.5 Å². The third-order valence-electron chi connectivity index (χ3n) is 2.08. The van der Waals surface area contributed by atoms with E-state index in [1.54, 1.807) is 19.9 Å². The SMILES string of the molecule is CC(C)N(CCC(=O)O)S(=O)(=O)C(C)C#N. The molecular weight excluding hydrogens is 232 g/mol. The number of rotatable bonds is 6. The van der Waals surface area contributed by atoms with E-state index < -0.39 is 21.2 Å². The molecule has 0 aromatic heterocycles. The molecule has 1 atom stereocenters. The second-order valence-electron chi connectivity index (χ2n) is 3.66. The molecule has 0 spiro atoms. The van der Waals surface area contributed by atoms with Crippen LogP contribution < -0.4 is 0 Å². The fraction of sp³-hybridized carbons (Fsp3) is 0.778. The van der Waals surface area contributed by atoms with E-state index in [1.807, 2.05) is 0 Å². The van der Waals surface area contributed by atoms with E-state index in [1.165, 1.54) is 6.92 Å². The van der Waals surface area contributed by atoms with Gasteiger partial charge in [-0.25, -0.2) is 8.42 Å². The molecule has 0 amide bonds. The summed E-state index contributed by atoms with van der Waals surface area (Å²) in [5, 5.41) is 16.0. The van der Waals surface area contributed by atoms with Gasteiger partial charge in [-0.05, 0) is 20.8 Å². The maximum atomic E-state index is 11.8. The molecule has 0 heterocycles. The quantitative estimate of drug-likeness (QED) is 0.734. The lowest BCUT2D eigenvalue weighted by atomic mass is 10.3. The van der Waals surface area contributed by atoms with Crippen LogP contribution in [0.4, 0.5) is 0 Å². The van der Waals surface area contributed by atoms with E-state index in [0.29, 0.717) is 0 Å². The highest BCUT2D eigenvalue weighted by Gasteiger charge is 2.30. The summed E-state index contributed by atoms with van der Waals surface area (Å²) in [6.45, 7) is 4.46. The van der Waals surface area contributed by atoms with Crippen LogP contribution in [0.25, 0.3) is 0 Å². The average molecular weight is 248 g/mol. The maximum absolute atomic E-state index is 11.8. The van der Waals surface area contributed by atoms with E-state index in [0.717, 1.165) is 4.31 Å². The van der Waals surface area contributed by atoms with Gasteiger partial charge in [0.25, 0.3) is 0 Å². The number of sulfonamides is 1. The van der Waals surface area contributed by atoms with Crippen LogP contribution in [0.5, 0.6) is 0 Å². The van der Waals surface area contributed by atoms with Gasteiger partial charge in [0, 0.05) is 12.6 Å². The maximum Gasteiger partial charge on any atom is 0.304 e. The molecule has 0 aromatic carbocycles. The van der Waals surface area contributed by atoms with Crippen molar-refractivity contribution in [3.05, 3.63) is 0 Å². The molecule has 0 bridgehead atoms. The first-order valence-electron chi connectivity index (χ1n) is 4.85. The molecule has 0 fully saturated rings. The summed E-state index contributed by atoms with van der Waals surface area (Å²) in [5.74, 6) is -1.06. The molecule has 16 heavy (non-hydrogen) atoms. The average Bonchev–Trinajstić information content (AvgIpc) is 2.15. The van der Waals surface area contributed by atoms with E-state index in [9.17, 15) is 13.2 Å². The minimum atomic E-state index is -3.74. The van der Waals surface area contributed by atoms with Crippen LogP contribution in [0.1, 0.15) is 27.2 Å². The Bertz CT molecular complexity index is 383. The normalized spacial score (nSPS) is 13.8. The minimum absolute atomic E-state index is 0.110. The molecule has 0 saturated heterocycles. The van der Waals surface area contributed by atoms with Crippen molar-refractivity contribution in [1.82, 2.24) is 4.31 Å². The molecule has 6 nitrogen and oxygen atoms in total. The molecule has 0 aliphatic rings. The molecule has 0 saturated carbocycles. The smallest absolute Gasteiger partial charge is 0.304 e. The highest BCUT2D eigenvalue weighted by molar-refractivity contribution is 7.90. The summed E-state index contributed by atoms with van der Waals surface area (Å²) in [7, 11) is -3.74. The Balaban J connectivity index is 4.93. The predicted molar refractivity (Wildman–Crippen MR) is 58.1 cm³/mol. The van der Waals surface area contributed by atoms with Gasteiger partial charge in [0.1, 0.15) is 0 Å². The van der Waals surface area contributed by atoms with E-state index in [2.05, 4.69) is 0 Å². The molecule has 0 aliphatic carbocycles. The molecule has 7 heteroatoms. The first-order chi connectivity index (χ1) is 7.23. The summed E-state index contributed by atoms with van der Waals surface area (Å²) < 4.78 is 24.7. The van der Waals surface area contributed by atoms with Crippen LogP contribution in [-0.2, 0) is 14.8 Å². The van der Waals surface area contributed by atoms with Gasteiger partial charge in [-0.3, -0.25) is 4.79 Å². The summed E-state index contributed by atoms with van der Waals surface area (Å²) in [6, 6.07) is 1.29. The van der Waals surface area contributed by atoms with Gasteiger partial charge >= 0.3 is 5.97 Å². The van der Waals surface area contributed by atoms with Crippen LogP contribution in [0.2, 0.25) is 0 Å². The third kappa shape index (κ3) is 3.79. The molecule has 0 aromatic rings. The molecule has 92 valence electrons.